The van der Waals surface area contributed by atoms with Gasteiger partial charge in [-0.15, -0.1) is 0 Å². The van der Waals surface area contributed by atoms with Crippen LogP contribution in [0.3, 0.4) is 0 Å². The molecule has 0 N–H and O–H groups in total. The minimum atomic E-state index is -0.662. The van der Waals surface area contributed by atoms with Gasteiger partial charge in [-0.25, -0.2) is 0 Å². The zero-order valence-corrected chi connectivity index (χ0v) is 21.9. The van der Waals surface area contributed by atoms with Gasteiger partial charge in [0, 0.05) is 29.9 Å². The van der Waals surface area contributed by atoms with E-state index in [0.29, 0.717) is 5.75 Å². The van der Waals surface area contributed by atoms with Gasteiger partial charge in [0.15, 0.2) is 0 Å². The monoisotopic (exact) mass is 478 g/mol. The molecule has 0 saturated carbocycles. The fourth-order valence-electron chi connectivity index (χ4n) is 5.55. The zero-order chi connectivity index (χ0) is 25.3. The fraction of sp³-hybridized carbons (Fsp3) is 0.517. The quantitative estimate of drug-likeness (QED) is 0.168. The molecule has 1 atom stereocenters. The highest BCUT2D eigenvalue weighted by Gasteiger charge is 2.58. The van der Waals surface area contributed by atoms with Gasteiger partial charge in [-0.2, -0.15) is 0 Å². The third-order valence-corrected chi connectivity index (χ3v) is 7.58. The number of nitrogens with zero attached hydrogens (tertiary/aromatic N) is 3. The van der Waals surface area contributed by atoms with Crippen LogP contribution in [0.5, 0.6) is 5.75 Å². The SMILES string of the molecule is CC1(C)c2ccccc2N(CCCCCCCC[N+](C)(C)C)C12C=Cc1cc([N+](=O)[O-])ccc1O2. The number of hydrogen-bond donors (Lipinski definition) is 0. The molecule has 0 radical (unpaired) electrons. The second-order valence-corrected chi connectivity index (χ2v) is 11.5. The van der Waals surface area contributed by atoms with Crippen LogP contribution >= 0.6 is 0 Å². The van der Waals surface area contributed by atoms with E-state index in [0.717, 1.165) is 23.0 Å². The first-order valence-corrected chi connectivity index (χ1v) is 12.9. The molecule has 0 amide bonds. The van der Waals surface area contributed by atoms with Gasteiger partial charge in [0.2, 0.25) is 5.72 Å². The van der Waals surface area contributed by atoms with Crippen LogP contribution in [0.15, 0.2) is 48.5 Å². The molecule has 0 aromatic heterocycles. The maximum absolute atomic E-state index is 11.2. The average molecular weight is 479 g/mol. The number of fused-ring (bicyclic) bond motifs is 2. The van der Waals surface area contributed by atoms with Crippen LogP contribution in [-0.4, -0.2) is 49.4 Å². The Morgan fingerprint density at radius 1 is 0.971 bits per heavy atom. The summed E-state index contributed by atoms with van der Waals surface area (Å²) in [5.74, 6) is 0.696. The smallest absolute Gasteiger partial charge is 0.270 e. The van der Waals surface area contributed by atoms with E-state index in [4.69, 9.17) is 4.74 Å². The molecule has 0 aliphatic carbocycles. The van der Waals surface area contributed by atoms with Crippen molar-refractivity contribution in [3.63, 3.8) is 0 Å². The molecular formula is C29H40N3O3+. The first-order chi connectivity index (χ1) is 16.6. The van der Waals surface area contributed by atoms with Crippen molar-refractivity contribution >= 4 is 17.5 Å². The lowest BCUT2D eigenvalue weighted by molar-refractivity contribution is -0.870. The number of quaternary nitrogens is 1. The lowest BCUT2D eigenvalue weighted by Gasteiger charge is -2.47. The van der Waals surface area contributed by atoms with E-state index in [-0.39, 0.29) is 16.0 Å². The summed E-state index contributed by atoms with van der Waals surface area (Å²) >= 11 is 0. The minimum absolute atomic E-state index is 0.0835. The largest absolute Gasteiger partial charge is 0.463 e. The molecule has 6 nitrogen and oxygen atoms in total. The van der Waals surface area contributed by atoms with E-state index < -0.39 is 5.72 Å². The number of hydrogen-bond acceptors (Lipinski definition) is 4. The van der Waals surface area contributed by atoms with Crippen LogP contribution in [-0.2, 0) is 5.41 Å². The molecule has 1 spiro atoms. The Morgan fingerprint density at radius 2 is 1.66 bits per heavy atom. The Kier molecular flexibility index (Phi) is 6.96. The van der Waals surface area contributed by atoms with E-state index >= 15 is 0 Å². The summed E-state index contributed by atoms with van der Waals surface area (Å²) in [6, 6.07) is 13.5. The van der Waals surface area contributed by atoms with Crippen LogP contribution in [0.2, 0.25) is 0 Å². The summed E-state index contributed by atoms with van der Waals surface area (Å²) in [5.41, 5.74) is 2.38. The van der Waals surface area contributed by atoms with Gasteiger partial charge in [0.05, 0.1) is 38.0 Å². The first-order valence-electron chi connectivity index (χ1n) is 12.9. The molecule has 188 valence electrons. The molecule has 0 saturated heterocycles. The highest BCUT2D eigenvalue weighted by Crippen LogP contribution is 2.55. The Bertz CT molecular complexity index is 1100. The van der Waals surface area contributed by atoms with E-state index in [1.165, 1.54) is 56.0 Å². The molecule has 0 fully saturated rings. The molecule has 6 heteroatoms. The highest BCUT2D eigenvalue weighted by molar-refractivity contribution is 5.73. The Hall–Kier alpha value is -2.86. The second-order valence-electron chi connectivity index (χ2n) is 11.5. The summed E-state index contributed by atoms with van der Waals surface area (Å²) in [7, 11) is 6.77. The van der Waals surface area contributed by atoms with Crippen molar-refractivity contribution < 1.29 is 14.1 Å². The lowest BCUT2D eigenvalue weighted by atomic mass is 9.76. The molecule has 2 aliphatic rings. The first kappa shape index (κ1) is 25.2. The number of unbranched alkanes of at least 4 members (excludes halogenated alkanes) is 5. The lowest BCUT2D eigenvalue weighted by Crippen LogP contribution is -2.59. The van der Waals surface area contributed by atoms with Crippen molar-refractivity contribution in [3.8, 4) is 5.75 Å². The van der Waals surface area contributed by atoms with Gasteiger partial charge in [-0.3, -0.25) is 10.1 Å². The summed E-state index contributed by atoms with van der Waals surface area (Å²) in [4.78, 5) is 13.3. The van der Waals surface area contributed by atoms with E-state index in [2.05, 4.69) is 70.2 Å². The number of nitro groups is 1. The average Bonchev–Trinajstić information content (AvgIpc) is 2.98. The third-order valence-electron chi connectivity index (χ3n) is 7.58. The highest BCUT2D eigenvalue weighted by atomic mass is 16.6. The Balaban J connectivity index is 1.48. The molecule has 2 aromatic carbocycles. The van der Waals surface area contributed by atoms with Crippen molar-refractivity contribution in [2.45, 2.75) is 63.5 Å². The van der Waals surface area contributed by atoms with Crippen LogP contribution in [0.1, 0.15) is 63.5 Å². The number of rotatable bonds is 10. The van der Waals surface area contributed by atoms with Crippen LogP contribution in [0, 0.1) is 10.1 Å². The molecule has 1 unspecified atom stereocenters. The minimum Gasteiger partial charge on any atom is -0.463 e. The van der Waals surface area contributed by atoms with Gasteiger partial charge in [0.25, 0.3) is 5.69 Å². The summed E-state index contributed by atoms with van der Waals surface area (Å²) in [5, 5.41) is 11.2. The summed E-state index contributed by atoms with van der Waals surface area (Å²) < 4.78 is 7.82. The summed E-state index contributed by atoms with van der Waals surface area (Å²) in [6.07, 6.45) is 11.5. The predicted molar refractivity (Wildman–Crippen MR) is 143 cm³/mol. The fourth-order valence-corrected chi connectivity index (χ4v) is 5.55. The standard InChI is InChI=1S/C29H40N3O3/c1-28(2)25-14-10-11-15-26(25)30(20-12-8-6-7-9-13-21-32(3,4)5)29(28)19-18-23-22-24(31(33)34)16-17-27(23)35-29/h10-11,14-19,22H,6-9,12-13,20-21H2,1-5H3/q+1. The third kappa shape index (κ3) is 4.94. The molecule has 2 aliphatic heterocycles. The van der Waals surface area contributed by atoms with Gasteiger partial charge in [0.1, 0.15) is 5.75 Å². The maximum Gasteiger partial charge on any atom is 0.270 e. The predicted octanol–water partition coefficient (Wildman–Crippen LogP) is 6.54. The van der Waals surface area contributed by atoms with Crippen molar-refractivity contribution in [3.05, 3.63) is 69.8 Å². The normalized spacial score (nSPS) is 20.0. The van der Waals surface area contributed by atoms with Gasteiger partial charge in [-0.05, 0) is 63.0 Å². The number of benzene rings is 2. The van der Waals surface area contributed by atoms with Crippen LogP contribution in [0.4, 0.5) is 11.4 Å². The van der Waals surface area contributed by atoms with E-state index in [9.17, 15) is 10.1 Å². The number of ether oxygens (including phenoxy) is 1. The zero-order valence-electron chi connectivity index (χ0n) is 21.9. The molecule has 2 heterocycles. The number of para-hydroxylation sites is 1. The van der Waals surface area contributed by atoms with Crippen LogP contribution < -0.4 is 9.64 Å². The Morgan fingerprint density at radius 3 is 2.37 bits per heavy atom. The van der Waals surface area contributed by atoms with Gasteiger partial charge in [-0.1, -0.05) is 37.5 Å². The van der Waals surface area contributed by atoms with Gasteiger partial charge >= 0.3 is 0 Å². The maximum atomic E-state index is 11.2. The van der Waals surface area contributed by atoms with Crippen LogP contribution in [0.25, 0.3) is 6.08 Å². The van der Waals surface area contributed by atoms with Crippen molar-refractivity contribution in [1.82, 2.24) is 0 Å². The van der Waals surface area contributed by atoms with Crippen molar-refractivity contribution in [2.75, 3.05) is 39.1 Å². The topological polar surface area (TPSA) is 55.6 Å². The molecule has 35 heavy (non-hydrogen) atoms. The second kappa shape index (κ2) is 9.65. The molecule has 0 bridgehead atoms. The molecular weight excluding hydrogens is 438 g/mol. The van der Waals surface area contributed by atoms with Crippen molar-refractivity contribution in [2.24, 2.45) is 0 Å². The summed E-state index contributed by atoms with van der Waals surface area (Å²) in [6.45, 7) is 6.61. The van der Waals surface area contributed by atoms with E-state index in [1.807, 2.05) is 6.08 Å². The Labute approximate surface area is 209 Å². The number of anilines is 1. The van der Waals surface area contributed by atoms with Crippen molar-refractivity contribution in [1.29, 1.82) is 0 Å². The molecule has 4 rings (SSSR count). The van der Waals surface area contributed by atoms with Gasteiger partial charge < -0.3 is 14.1 Å². The van der Waals surface area contributed by atoms with E-state index in [1.54, 1.807) is 12.1 Å². The number of nitro benzene ring substituents is 1. The number of non-ortho nitro benzene ring substituents is 1. The molecule has 2 aromatic rings.